The maximum absolute atomic E-state index is 8.78. The normalized spacial score (nSPS) is 9.50. The van der Waals surface area contributed by atoms with Crippen molar-refractivity contribution in [2.24, 2.45) is 0 Å². The van der Waals surface area contributed by atoms with Crippen molar-refractivity contribution >= 4 is 0 Å². The summed E-state index contributed by atoms with van der Waals surface area (Å²) in [6, 6.07) is 20.3. The lowest BCUT2D eigenvalue weighted by atomic mass is 10.0. The summed E-state index contributed by atoms with van der Waals surface area (Å²) in [5.41, 5.74) is 0.681. The third-order valence-electron chi connectivity index (χ3n) is 2.45. The van der Waals surface area contributed by atoms with Crippen LogP contribution in [0.25, 0.3) is 0 Å². The van der Waals surface area contributed by atoms with Crippen molar-refractivity contribution in [2.45, 2.75) is 5.92 Å². The molecular weight excluding hydrogens is 224 g/mol. The second-order valence-corrected chi connectivity index (χ2v) is 3.68. The standard InChI is InChI=1S/C15H10N2O/c16-10-13(11-17)12-6-8-15(9-7-12)18-14-4-2-1-3-5-14/h1-9,13H. The monoisotopic (exact) mass is 234 g/mol. The molecule has 0 saturated carbocycles. The van der Waals surface area contributed by atoms with Gasteiger partial charge < -0.3 is 4.74 Å². The van der Waals surface area contributed by atoms with Gasteiger partial charge in [-0.2, -0.15) is 10.5 Å². The van der Waals surface area contributed by atoms with Crippen LogP contribution < -0.4 is 4.74 Å². The molecule has 0 unspecified atom stereocenters. The maximum atomic E-state index is 8.78. The second-order valence-electron chi connectivity index (χ2n) is 3.68. The Morgan fingerprint density at radius 1 is 0.778 bits per heavy atom. The van der Waals surface area contributed by atoms with Crippen molar-refractivity contribution in [3.8, 4) is 23.6 Å². The highest BCUT2D eigenvalue weighted by molar-refractivity contribution is 5.37. The van der Waals surface area contributed by atoms with Crippen molar-refractivity contribution in [1.82, 2.24) is 0 Å². The molecule has 0 aliphatic rings. The van der Waals surface area contributed by atoms with Gasteiger partial charge in [0.2, 0.25) is 0 Å². The number of nitrogens with zero attached hydrogens (tertiary/aromatic N) is 2. The van der Waals surface area contributed by atoms with E-state index in [1.807, 2.05) is 42.5 Å². The van der Waals surface area contributed by atoms with Crippen LogP contribution in [0.2, 0.25) is 0 Å². The van der Waals surface area contributed by atoms with Gasteiger partial charge in [-0.05, 0) is 29.8 Å². The molecule has 2 aromatic carbocycles. The van der Waals surface area contributed by atoms with Gasteiger partial charge in [0.05, 0.1) is 12.1 Å². The van der Waals surface area contributed by atoms with E-state index in [0.717, 1.165) is 5.75 Å². The minimum atomic E-state index is -0.726. The van der Waals surface area contributed by atoms with Crippen LogP contribution in [0, 0.1) is 22.7 Å². The van der Waals surface area contributed by atoms with Crippen LogP contribution in [-0.2, 0) is 0 Å². The Bertz CT molecular complexity index is 577. The fourth-order valence-electron chi connectivity index (χ4n) is 1.53. The molecule has 3 nitrogen and oxygen atoms in total. The van der Waals surface area contributed by atoms with Gasteiger partial charge in [0, 0.05) is 0 Å². The van der Waals surface area contributed by atoms with Crippen LogP contribution >= 0.6 is 0 Å². The molecule has 0 fully saturated rings. The summed E-state index contributed by atoms with van der Waals surface area (Å²) in [7, 11) is 0. The van der Waals surface area contributed by atoms with E-state index in [-0.39, 0.29) is 0 Å². The molecule has 0 spiro atoms. The van der Waals surface area contributed by atoms with Crippen LogP contribution in [0.1, 0.15) is 11.5 Å². The van der Waals surface area contributed by atoms with Gasteiger partial charge in [-0.15, -0.1) is 0 Å². The number of hydrogen-bond acceptors (Lipinski definition) is 3. The van der Waals surface area contributed by atoms with Gasteiger partial charge >= 0.3 is 0 Å². The van der Waals surface area contributed by atoms with Crippen LogP contribution in [0.3, 0.4) is 0 Å². The molecule has 18 heavy (non-hydrogen) atoms. The Balaban J connectivity index is 2.14. The lowest BCUT2D eigenvalue weighted by Crippen LogP contribution is -1.91. The zero-order valence-corrected chi connectivity index (χ0v) is 9.58. The third kappa shape index (κ3) is 2.66. The van der Waals surface area contributed by atoms with E-state index in [0.29, 0.717) is 11.3 Å². The summed E-state index contributed by atoms with van der Waals surface area (Å²) < 4.78 is 5.61. The number of nitriles is 2. The molecule has 0 amide bonds. The predicted molar refractivity (Wildman–Crippen MR) is 66.9 cm³/mol. The molecule has 0 bridgehead atoms. The van der Waals surface area contributed by atoms with E-state index < -0.39 is 5.92 Å². The zero-order valence-electron chi connectivity index (χ0n) is 9.58. The Labute approximate surface area is 105 Å². The van der Waals surface area contributed by atoms with Gasteiger partial charge in [-0.25, -0.2) is 0 Å². The van der Waals surface area contributed by atoms with E-state index in [1.54, 1.807) is 24.3 Å². The molecule has 0 radical (unpaired) electrons. The Kier molecular flexibility index (Phi) is 3.59. The quantitative estimate of drug-likeness (QED) is 0.815. The zero-order chi connectivity index (χ0) is 12.8. The summed E-state index contributed by atoms with van der Waals surface area (Å²) >= 11 is 0. The third-order valence-corrected chi connectivity index (χ3v) is 2.45. The topological polar surface area (TPSA) is 56.8 Å². The molecule has 0 heterocycles. The Hall–Kier alpha value is -2.78. The van der Waals surface area contributed by atoms with Crippen molar-refractivity contribution in [3.05, 3.63) is 60.2 Å². The number of benzene rings is 2. The summed E-state index contributed by atoms with van der Waals surface area (Å²) in [6.07, 6.45) is 0. The van der Waals surface area contributed by atoms with Crippen LogP contribution in [0.15, 0.2) is 54.6 Å². The first-order valence-corrected chi connectivity index (χ1v) is 5.45. The van der Waals surface area contributed by atoms with Crippen molar-refractivity contribution in [3.63, 3.8) is 0 Å². The lowest BCUT2D eigenvalue weighted by molar-refractivity contribution is 0.482. The highest BCUT2D eigenvalue weighted by Gasteiger charge is 2.08. The summed E-state index contributed by atoms with van der Waals surface area (Å²) in [6.45, 7) is 0. The smallest absolute Gasteiger partial charge is 0.158 e. The lowest BCUT2D eigenvalue weighted by Gasteiger charge is -2.06. The molecule has 0 atom stereocenters. The van der Waals surface area contributed by atoms with Gasteiger partial charge in [0.25, 0.3) is 0 Å². The highest BCUT2D eigenvalue weighted by atomic mass is 16.5. The molecule has 2 aromatic rings. The predicted octanol–water partition coefficient (Wildman–Crippen LogP) is 3.61. The molecule has 86 valence electrons. The molecule has 0 aliphatic carbocycles. The average Bonchev–Trinajstić information content (AvgIpc) is 2.43. The molecule has 0 N–H and O–H groups in total. The number of hydrogen-bond donors (Lipinski definition) is 0. The molecule has 3 heteroatoms. The fourth-order valence-corrected chi connectivity index (χ4v) is 1.53. The molecule has 0 aromatic heterocycles. The van der Waals surface area contributed by atoms with E-state index >= 15 is 0 Å². The van der Waals surface area contributed by atoms with E-state index in [9.17, 15) is 0 Å². The van der Waals surface area contributed by atoms with Crippen molar-refractivity contribution in [2.75, 3.05) is 0 Å². The maximum Gasteiger partial charge on any atom is 0.158 e. The Morgan fingerprint density at radius 3 is 1.89 bits per heavy atom. The minimum absolute atomic E-state index is 0.680. The van der Waals surface area contributed by atoms with Crippen LogP contribution in [-0.4, -0.2) is 0 Å². The Morgan fingerprint density at radius 2 is 1.33 bits per heavy atom. The number of ether oxygens (including phenoxy) is 1. The van der Waals surface area contributed by atoms with Crippen molar-refractivity contribution in [1.29, 1.82) is 10.5 Å². The SMILES string of the molecule is N#CC(C#N)c1ccc(Oc2ccccc2)cc1. The van der Waals surface area contributed by atoms with Gasteiger partial charge in [0.15, 0.2) is 5.92 Å². The average molecular weight is 234 g/mol. The molecule has 2 rings (SSSR count). The minimum Gasteiger partial charge on any atom is -0.457 e. The summed E-state index contributed by atoms with van der Waals surface area (Å²) in [5, 5.41) is 17.6. The first-order valence-electron chi connectivity index (χ1n) is 5.45. The first-order chi connectivity index (χ1) is 8.83. The van der Waals surface area contributed by atoms with Gasteiger partial charge in [-0.1, -0.05) is 30.3 Å². The van der Waals surface area contributed by atoms with E-state index in [4.69, 9.17) is 15.3 Å². The summed E-state index contributed by atoms with van der Waals surface area (Å²) in [4.78, 5) is 0. The molecule has 0 aliphatic heterocycles. The highest BCUT2D eigenvalue weighted by Crippen LogP contribution is 2.23. The van der Waals surface area contributed by atoms with E-state index in [1.165, 1.54) is 0 Å². The van der Waals surface area contributed by atoms with Gasteiger partial charge in [0.1, 0.15) is 11.5 Å². The molecule has 0 saturated heterocycles. The van der Waals surface area contributed by atoms with Gasteiger partial charge in [-0.3, -0.25) is 0 Å². The first kappa shape index (κ1) is 11.7. The fraction of sp³-hybridized carbons (Fsp3) is 0.0667. The second kappa shape index (κ2) is 5.52. The van der Waals surface area contributed by atoms with Crippen LogP contribution in [0.5, 0.6) is 11.5 Å². The number of para-hydroxylation sites is 1. The van der Waals surface area contributed by atoms with Crippen LogP contribution in [0.4, 0.5) is 0 Å². The molecular formula is C15H10N2O. The van der Waals surface area contributed by atoms with E-state index in [2.05, 4.69) is 0 Å². The summed E-state index contributed by atoms with van der Waals surface area (Å²) in [5.74, 6) is 0.706. The number of rotatable bonds is 3. The van der Waals surface area contributed by atoms with Crippen molar-refractivity contribution < 1.29 is 4.74 Å². The largest absolute Gasteiger partial charge is 0.457 e.